The van der Waals surface area contributed by atoms with Crippen LogP contribution in [0.25, 0.3) is 0 Å². The third kappa shape index (κ3) is 4.00. The molecule has 1 aromatic carbocycles. The smallest absolute Gasteiger partial charge is 0.272 e. The molecule has 0 radical (unpaired) electrons. The molecule has 4 nitrogen and oxygen atoms in total. The molecule has 21 heavy (non-hydrogen) atoms. The number of benzene rings is 1. The summed E-state index contributed by atoms with van der Waals surface area (Å²) in [6, 6.07) is 4.32. The van der Waals surface area contributed by atoms with Crippen LogP contribution in [0.4, 0.5) is 10.1 Å². The van der Waals surface area contributed by atoms with E-state index in [9.17, 15) is 14.5 Å². The largest absolute Gasteiger partial charge is 0.317 e. The zero-order chi connectivity index (χ0) is 15.4. The van der Waals surface area contributed by atoms with E-state index in [0.717, 1.165) is 30.9 Å². The Bertz CT molecular complexity index is 507. The summed E-state index contributed by atoms with van der Waals surface area (Å²) in [5.41, 5.74) is 0.567. The van der Waals surface area contributed by atoms with E-state index in [2.05, 4.69) is 12.2 Å². The van der Waals surface area contributed by atoms with Crippen molar-refractivity contribution in [2.45, 2.75) is 45.1 Å². The second-order valence-electron chi connectivity index (χ2n) is 6.02. The van der Waals surface area contributed by atoms with Gasteiger partial charge >= 0.3 is 0 Å². The van der Waals surface area contributed by atoms with Crippen molar-refractivity contribution < 1.29 is 9.31 Å². The molecule has 5 heteroatoms. The Morgan fingerprint density at radius 3 is 2.76 bits per heavy atom. The van der Waals surface area contributed by atoms with Crippen molar-refractivity contribution in [3.05, 3.63) is 39.7 Å². The van der Waals surface area contributed by atoms with Crippen molar-refractivity contribution >= 4 is 5.69 Å². The van der Waals surface area contributed by atoms with Crippen LogP contribution in [-0.4, -0.2) is 18.0 Å². The number of halogens is 1. The van der Waals surface area contributed by atoms with Gasteiger partial charge in [-0.05, 0) is 56.2 Å². The van der Waals surface area contributed by atoms with E-state index in [1.165, 1.54) is 18.6 Å². The molecule has 3 atom stereocenters. The number of nitro benzene ring substituents is 1. The van der Waals surface area contributed by atoms with Crippen LogP contribution in [0, 0.1) is 27.8 Å². The van der Waals surface area contributed by atoms with Crippen LogP contribution < -0.4 is 5.32 Å². The first-order chi connectivity index (χ1) is 10.0. The van der Waals surface area contributed by atoms with Gasteiger partial charge in [-0.25, -0.2) is 4.39 Å². The highest BCUT2D eigenvalue weighted by atomic mass is 19.1. The number of nitro groups is 1. The lowest BCUT2D eigenvalue weighted by molar-refractivity contribution is -0.385. The van der Waals surface area contributed by atoms with E-state index in [4.69, 9.17) is 0 Å². The van der Waals surface area contributed by atoms with Crippen LogP contribution in [0.3, 0.4) is 0 Å². The third-order valence-corrected chi connectivity index (χ3v) is 4.69. The fourth-order valence-electron chi connectivity index (χ4n) is 3.50. The quantitative estimate of drug-likeness (QED) is 0.665. The molecule has 1 saturated carbocycles. The average molecular weight is 294 g/mol. The first kappa shape index (κ1) is 15.9. The molecule has 116 valence electrons. The predicted octanol–water partition coefficient (Wildman–Crippen LogP) is 3.69. The molecule has 0 spiro atoms. The molecule has 1 aliphatic carbocycles. The maximum atomic E-state index is 13.5. The molecular formula is C16H23FN2O2. The topological polar surface area (TPSA) is 55.2 Å². The molecule has 1 aliphatic rings. The van der Waals surface area contributed by atoms with Gasteiger partial charge in [0.1, 0.15) is 5.82 Å². The Balaban J connectivity index is 2.16. The van der Waals surface area contributed by atoms with Crippen LogP contribution in [-0.2, 0) is 6.42 Å². The Labute approximate surface area is 124 Å². The monoisotopic (exact) mass is 294 g/mol. The summed E-state index contributed by atoms with van der Waals surface area (Å²) in [7, 11) is 1.96. The predicted molar refractivity (Wildman–Crippen MR) is 80.7 cm³/mol. The summed E-state index contributed by atoms with van der Waals surface area (Å²) < 4.78 is 13.5. The first-order valence-electron chi connectivity index (χ1n) is 7.64. The van der Waals surface area contributed by atoms with Crippen LogP contribution in [0.1, 0.15) is 38.2 Å². The fourth-order valence-corrected chi connectivity index (χ4v) is 3.50. The average Bonchev–Trinajstić information content (AvgIpc) is 2.46. The van der Waals surface area contributed by atoms with E-state index >= 15 is 0 Å². The van der Waals surface area contributed by atoms with Crippen molar-refractivity contribution in [2.24, 2.45) is 11.8 Å². The molecule has 0 amide bonds. The van der Waals surface area contributed by atoms with Crippen LogP contribution in [0.15, 0.2) is 18.2 Å². The van der Waals surface area contributed by atoms with Gasteiger partial charge in [0.05, 0.1) is 11.0 Å². The summed E-state index contributed by atoms with van der Waals surface area (Å²) in [6.45, 7) is 2.20. The van der Waals surface area contributed by atoms with E-state index in [1.807, 2.05) is 7.05 Å². The second kappa shape index (κ2) is 6.98. The van der Waals surface area contributed by atoms with Gasteiger partial charge in [-0.3, -0.25) is 10.1 Å². The van der Waals surface area contributed by atoms with Crippen molar-refractivity contribution in [3.63, 3.8) is 0 Å². The van der Waals surface area contributed by atoms with Gasteiger partial charge in [0, 0.05) is 12.1 Å². The highest BCUT2D eigenvalue weighted by molar-refractivity contribution is 5.35. The minimum Gasteiger partial charge on any atom is -0.317 e. The zero-order valence-corrected chi connectivity index (χ0v) is 12.6. The molecule has 1 fully saturated rings. The maximum Gasteiger partial charge on any atom is 0.272 e. The fraction of sp³-hybridized carbons (Fsp3) is 0.625. The van der Waals surface area contributed by atoms with Crippen molar-refractivity contribution in [3.8, 4) is 0 Å². The zero-order valence-electron chi connectivity index (χ0n) is 12.6. The Morgan fingerprint density at radius 2 is 2.14 bits per heavy atom. The molecule has 1 N–H and O–H groups in total. The summed E-state index contributed by atoms with van der Waals surface area (Å²) in [6.07, 6.45) is 5.31. The van der Waals surface area contributed by atoms with E-state index in [0.29, 0.717) is 24.3 Å². The van der Waals surface area contributed by atoms with Crippen molar-refractivity contribution in [1.29, 1.82) is 0 Å². The lowest BCUT2D eigenvalue weighted by Crippen LogP contribution is -2.39. The Morgan fingerprint density at radius 1 is 1.38 bits per heavy atom. The Hall–Kier alpha value is -1.49. The summed E-state index contributed by atoms with van der Waals surface area (Å²) in [5, 5.41) is 14.2. The molecule has 1 aromatic rings. The number of nitrogens with one attached hydrogen (secondary N) is 1. The number of nitrogens with zero attached hydrogens (tertiary/aromatic N) is 1. The highest BCUT2D eigenvalue weighted by Crippen LogP contribution is 2.34. The molecule has 0 bridgehead atoms. The van der Waals surface area contributed by atoms with Gasteiger partial charge in [-0.15, -0.1) is 0 Å². The van der Waals surface area contributed by atoms with Crippen LogP contribution in [0.2, 0.25) is 0 Å². The molecule has 0 aromatic heterocycles. The van der Waals surface area contributed by atoms with Crippen LogP contribution in [0.5, 0.6) is 0 Å². The molecule has 0 heterocycles. The Kier molecular flexibility index (Phi) is 5.28. The summed E-state index contributed by atoms with van der Waals surface area (Å²) in [4.78, 5) is 10.3. The minimum atomic E-state index is -0.530. The summed E-state index contributed by atoms with van der Waals surface area (Å²) in [5.74, 6) is 0.598. The minimum absolute atomic E-state index is 0.158. The standard InChI is InChI=1S/C16H23FN2O2/c1-3-11-4-5-16(18-2)13(6-11)7-12-8-14(17)10-15(9-12)19(20)21/h8-11,13,16,18H,3-7H2,1-2H3. The van der Waals surface area contributed by atoms with E-state index in [1.54, 1.807) is 0 Å². The number of non-ortho nitro benzene ring substituents is 1. The lowest BCUT2D eigenvalue weighted by Gasteiger charge is -2.36. The van der Waals surface area contributed by atoms with Gasteiger partial charge in [0.15, 0.2) is 0 Å². The lowest BCUT2D eigenvalue weighted by atomic mass is 9.74. The van der Waals surface area contributed by atoms with Crippen molar-refractivity contribution in [1.82, 2.24) is 5.32 Å². The SMILES string of the molecule is CCC1CCC(NC)C(Cc2cc(F)cc([N+](=O)[O-])c2)C1. The highest BCUT2D eigenvalue weighted by Gasteiger charge is 2.29. The number of hydrogen-bond donors (Lipinski definition) is 1. The van der Waals surface area contributed by atoms with E-state index < -0.39 is 10.7 Å². The van der Waals surface area contributed by atoms with Gasteiger partial charge in [0.2, 0.25) is 0 Å². The molecule has 2 rings (SSSR count). The van der Waals surface area contributed by atoms with Gasteiger partial charge in [-0.1, -0.05) is 13.3 Å². The third-order valence-electron chi connectivity index (χ3n) is 4.69. The summed E-state index contributed by atoms with van der Waals surface area (Å²) >= 11 is 0. The van der Waals surface area contributed by atoms with Crippen molar-refractivity contribution in [2.75, 3.05) is 7.05 Å². The van der Waals surface area contributed by atoms with Gasteiger partial charge in [-0.2, -0.15) is 0 Å². The van der Waals surface area contributed by atoms with Crippen LogP contribution >= 0.6 is 0 Å². The molecule has 0 saturated heterocycles. The second-order valence-corrected chi connectivity index (χ2v) is 6.02. The normalized spacial score (nSPS) is 25.8. The molecular weight excluding hydrogens is 271 g/mol. The van der Waals surface area contributed by atoms with Gasteiger partial charge in [0.25, 0.3) is 5.69 Å². The number of rotatable bonds is 5. The number of hydrogen-bond acceptors (Lipinski definition) is 3. The van der Waals surface area contributed by atoms with E-state index in [-0.39, 0.29) is 5.69 Å². The molecule has 3 unspecified atom stereocenters. The first-order valence-corrected chi connectivity index (χ1v) is 7.64. The maximum absolute atomic E-state index is 13.5. The molecule has 0 aliphatic heterocycles. The van der Waals surface area contributed by atoms with Gasteiger partial charge < -0.3 is 5.32 Å².